The van der Waals surface area contributed by atoms with E-state index in [2.05, 4.69) is 21.3 Å². The molecule has 11 nitrogen and oxygen atoms in total. The Labute approximate surface area is 209 Å². The van der Waals surface area contributed by atoms with E-state index in [1.807, 2.05) is 6.07 Å². The summed E-state index contributed by atoms with van der Waals surface area (Å²) in [6.45, 7) is 0.984. The fraction of sp³-hybridized carbons (Fsp3) is 0.360. The summed E-state index contributed by atoms with van der Waals surface area (Å²) in [5.74, 6) is -2.10. The van der Waals surface area contributed by atoms with Gasteiger partial charge in [-0.3, -0.25) is 19.2 Å². The molecule has 11 heteroatoms. The van der Waals surface area contributed by atoms with E-state index in [9.17, 15) is 24.3 Å². The van der Waals surface area contributed by atoms with Crippen molar-refractivity contribution in [3.63, 3.8) is 0 Å². The SMILES string of the molecule is C[C@@H](NC(=O)[C@@H](N)Cc1ccc(O)cc1)C(=O)N[C@@H](Cc1ccccc1)C(=O)NCC(=O)NCCO. The molecule has 0 aliphatic heterocycles. The van der Waals surface area contributed by atoms with Gasteiger partial charge in [-0.15, -0.1) is 0 Å². The Hall–Kier alpha value is -3.96. The van der Waals surface area contributed by atoms with E-state index in [1.165, 1.54) is 19.1 Å². The lowest BCUT2D eigenvalue weighted by Gasteiger charge is -2.22. The van der Waals surface area contributed by atoms with Crippen LogP contribution in [0, 0.1) is 0 Å². The molecular weight excluding hydrogens is 466 g/mol. The van der Waals surface area contributed by atoms with Crippen molar-refractivity contribution >= 4 is 23.6 Å². The van der Waals surface area contributed by atoms with Crippen LogP contribution in [-0.4, -0.2) is 71.7 Å². The van der Waals surface area contributed by atoms with E-state index in [0.29, 0.717) is 0 Å². The first kappa shape index (κ1) is 28.3. The molecule has 0 aromatic heterocycles. The number of aliphatic hydroxyl groups excluding tert-OH is 1. The van der Waals surface area contributed by atoms with Gasteiger partial charge in [-0.25, -0.2) is 0 Å². The number of nitrogens with one attached hydrogen (secondary N) is 4. The summed E-state index contributed by atoms with van der Waals surface area (Å²) >= 11 is 0. The summed E-state index contributed by atoms with van der Waals surface area (Å²) in [5, 5.41) is 28.2. The van der Waals surface area contributed by atoms with E-state index < -0.39 is 41.8 Å². The van der Waals surface area contributed by atoms with Gasteiger partial charge < -0.3 is 37.2 Å². The van der Waals surface area contributed by atoms with E-state index in [0.717, 1.165) is 11.1 Å². The van der Waals surface area contributed by atoms with Gasteiger partial charge in [0.1, 0.15) is 17.8 Å². The molecular formula is C25H33N5O6. The third kappa shape index (κ3) is 9.72. The van der Waals surface area contributed by atoms with Crippen molar-refractivity contribution < 1.29 is 29.4 Å². The Kier molecular flexibility index (Phi) is 11.3. The van der Waals surface area contributed by atoms with Gasteiger partial charge in [0.25, 0.3) is 0 Å². The highest BCUT2D eigenvalue weighted by molar-refractivity contribution is 5.94. The van der Waals surface area contributed by atoms with E-state index in [4.69, 9.17) is 10.8 Å². The zero-order chi connectivity index (χ0) is 26.5. The second kappa shape index (κ2) is 14.4. The minimum atomic E-state index is -1.00. The molecule has 0 aliphatic carbocycles. The Balaban J connectivity index is 1.97. The Morgan fingerprint density at radius 1 is 0.833 bits per heavy atom. The molecule has 0 spiro atoms. The van der Waals surface area contributed by atoms with Crippen molar-refractivity contribution in [3.05, 3.63) is 65.7 Å². The fourth-order valence-electron chi connectivity index (χ4n) is 3.27. The molecule has 8 N–H and O–H groups in total. The summed E-state index contributed by atoms with van der Waals surface area (Å²) in [7, 11) is 0. The molecule has 0 aliphatic rings. The number of aromatic hydroxyl groups is 1. The number of phenolic OH excluding ortho intramolecular Hbond substituents is 1. The lowest BCUT2D eigenvalue weighted by Crippen LogP contribution is -2.56. The fourth-order valence-corrected chi connectivity index (χ4v) is 3.27. The van der Waals surface area contributed by atoms with Crippen LogP contribution < -0.4 is 27.0 Å². The molecule has 0 heterocycles. The first-order valence-corrected chi connectivity index (χ1v) is 11.5. The standard InChI is InChI=1S/C25H33N5O6/c1-16(29-24(35)20(26)13-18-7-9-19(32)10-8-18)23(34)30-21(14-17-5-3-2-4-6-17)25(36)28-15-22(33)27-11-12-31/h2-10,16,20-21,31-32H,11-15,26H2,1H3,(H,27,33)(H,28,36)(H,29,35)(H,30,34)/t16-,20+,21+/m1/s1. The van der Waals surface area contributed by atoms with Crippen molar-refractivity contribution in [1.29, 1.82) is 0 Å². The number of hydrogen-bond acceptors (Lipinski definition) is 7. The maximum Gasteiger partial charge on any atom is 0.243 e. The predicted molar refractivity (Wildman–Crippen MR) is 133 cm³/mol. The quantitative estimate of drug-likeness (QED) is 0.179. The highest BCUT2D eigenvalue weighted by Gasteiger charge is 2.26. The predicted octanol–water partition coefficient (Wildman–Crippen LogP) is -1.28. The molecule has 0 saturated carbocycles. The van der Waals surface area contributed by atoms with Crippen LogP contribution in [0.3, 0.4) is 0 Å². The maximum absolute atomic E-state index is 12.8. The average Bonchev–Trinajstić information content (AvgIpc) is 2.87. The Bertz CT molecular complexity index is 1020. The highest BCUT2D eigenvalue weighted by Crippen LogP contribution is 2.11. The normalized spacial score (nSPS) is 13.1. The van der Waals surface area contributed by atoms with Gasteiger partial charge in [0, 0.05) is 13.0 Å². The number of carbonyl (C=O) groups is 4. The Morgan fingerprint density at radius 2 is 1.47 bits per heavy atom. The zero-order valence-corrected chi connectivity index (χ0v) is 20.1. The van der Waals surface area contributed by atoms with Crippen molar-refractivity contribution in [2.45, 2.75) is 37.9 Å². The van der Waals surface area contributed by atoms with Crippen LogP contribution in [-0.2, 0) is 32.0 Å². The van der Waals surface area contributed by atoms with Crippen LogP contribution in [0.15, 0.2) is 54.6 Å². The number of phenols is 1. The van der Waals surface area contributed by atoms with Crippen molar-refractivity contribution in [2.24, 2.45) is 5.73 Å². The van der Waals surface area contributed by atoms with Crippen molar-refractivity contribution in [3.8, 4) is 5.75 Å². The number of carbonyl (C=O) groups excluding carboxylic acids is 4. The molecule has 0 bridgehead atoms. The van der Waals surface area contributed by atoms with Crippen LogP contribution in [0.4, 0.5) is 0 Å². The molecule has 2 rings (SSSR count). The second-order valence-electron chi connectivity index (χ2n) is 8.25. The minimum Gasteiger partial charge on any atom is -0.508 e. The molecule has 194 valence electrons. The van der Waals surface area contributed by atoms with Crippen molar-refractivity contribution in [1.82, 2.24) is 21.3 Å². The topological polar surface area (TPSA) is 183 Å². The molecule has 0 saturated heterocycles. The smallest absolute Gasteiger partial charge is 0.243 e. The number of rotatable bonds is 13. The van der Waals surface area contributed by atoms with Crippen LogP contribution in [0.2, 0.25) is 0 Å². The molecule has 4 amide bonds. The van der Waals surface area contributed by atoms with Crippen LogP contribution >= 0.6 is 0 Å². The number of aliphatic hydroxyl groups is 1. The lowest BCUT2D eigenvalue weighted by molar-refractivity contribution is -0.132. The molecule has 36 heavy (non-hydrogen) atoms. The number of benzene rings is 2. The maximum atomic E-state index is 12.8. The summed E-state index contributed by atoms with van der Waals surface area (Å²) in [6.07, 6.45) is 0.371. The molecule has 3 atom stereocenters. The van der Waals surface area contributed by atoms with E-state index >= 15 is 0 Å². The summed E-state index contributed by atoms with van der Waals surface area (Å²) in [6, 6.07) is 12.4. The van der Waals surface area contributed by atoms with Gasteiger partial charge >= 0.3 is 0 Å². The third-order valence-electron chi connectivity index (χ3n) is 5.25. The third-order valence-corrected chi connectivity index (χ3v) is 5.25. The van der Waals surface area contributed by atoms with Gasteiger partial charge in [0.05, 0.1) is 19.2 Å². The number of amides is 4. The van der Waals surface area contributed by atoms with E-state index in [1.54, 1.807) is 36.4 Å². The number of hydrogen-bond donors (Lipinski definition) is 7. The van der Waals surface area contributed by atoms with Gasteiger partial charge in [0.2, 0.25) is 23.6 Å². The molecule has 2 aromatic rings. The van der Waals surface area contributed by atoms with Gasteiger partial charge in [0.15, 0.2) is 0 Å². The summed E-state index contributed by atoms with van der Waals surface area (Å²) in [4.78, 5) is 49.8. The monoisotopic (exact) mass is 499 g/mol. The highest BCUT2D eigenvalue weighted by atomic mass is 16.3. The Morgan fingerprint density at radius 3 is 2.11 bits per heavy atom. The van der Waals surface area contributed by atoms with Gasteiger partial charge in [-0.05, 0) is 36.6 Å². The van der Waals surface area contributed by atoms with Crippen molar-refractivity contribution in [2.75, 3.05) is 19.7 Å². The minimum absolute atomic E-state index is 0.0605. The van der Waals surface area contributed by atoms with Gasteiger partial charge in [-0.2, -0.15) is 0 Å². The zero-order valence-electron chi connectivity index (χ0n) is 20.1. The van der Waals surface area contributed by atoms with Crippen LogP contribution in [0.25, 0.3) is 0 Å². The molecule has 0 unspecified atom stereocenters. The molecule has 0 fully saturated rings. The van der Waals surface area contributed by atoms with Crippen LogP contribution in [0.5, 0.6) is 5.75 Å². The molecule has 2 aromatic carbocycles. The lowest BCUT2D eigenvalue weighted by atomic mass is 10.0. The van der Waals surface area contributed by atoms with E-state index in [-0.39, 0.29) is 38.3 Å². The summed E-state index contributed by atoms with van der Waals surface area (Å²) in [5.41, 5.74) is 7.50. The average molecular weight is 500 g/mol. The first-order valence-electron chi connectivity index (χ1n) is 11.5. The second-order valence-corrected chi connectivity index (χ2v) is 8.25. The first-order chi connectivity index (χ1) is 17.2. The molecule has 0 radical (unpaired) electrons. The largest absolute Gasteiger partial charge is 0.508 e. The van der Waals surface area contributed by atoms with Crippen LogP contribution in [0.1, 0.15) is 18.1 Å². The number of nitrogens with two attached hydrogens (primary N) is 1. The van der Waals surface area contributed by atoms with Gasteiger partial charge in [-0.1, -0.05) is 42.5 Å². The summed E-state index contributed by atoms with van der Waals surface area (Å²) < 4.78 is 0.